The zero-order chi connectivity index (χ0) is 8.43. The van der Waals surface area contributed by atoms with Crippen molar-refractivity contribution in [2.24, 2.45) is 5.92 Å². The summed E-state index contributed by atoms with van der Waals surface area (Å²) in [6.45, 7) is 6.13. The highest BCUT2D eigenvalue weighted by molar-refractivity contribution is 5.47. The summed E-state index contributed by atoms with van der Waals surface area (Å²) in [6, 6.07) is 0.398. The molecule has 0 spiro atoms. The number of hydrogen-bond acceptors (Lipinski definition) is 1. The molecule has 0 N–H and O–H groups in total. The van der Waals surface area contributed by atoms with Crippen LogP contribution in [-0.2, 0) is 4.79 Å². The molecule has 1 amide bonds. The minimum atomic E-state index is 0.398. The monoisotopic (exact) mass is 153 g/mol. The van der Waals surface area contributed by atoms with Crippen LogP contribution in [0.3, 0.4) is 0 Å². The number of hydrogen-bond donors (Lipinski definition) is 0. The fourth-order valence-corrected chi connectivity index (χ4v) is 1.56. The van der Waals surface area contributed by atoms with Gasteiger partial charge in [0.2, 0.25) is 6.41 Å². The van der Waals surface area contributed by atoms with Gasteiger partial charge in [0.25, 0.3) is 0 Å². The number of carbonyl (C=O) groups is 1. The normalized spacial score (nSPS) is 30.5. The molecule has 0 heterocycles. The van der Waals surface area contributed by atoms with E-state index in [0.717, 1.165) is 19.3 Å². The maximum absolute atomic E-state index is 10.4. The van der Waals surface area contributed by atoms with Gasteiger partial charge in [-0.3, -0.25) is 4.79 Å². The largest absolute Gasteiger partial charge is 0.345 e. The summed E-state index contributed by atoms with van der Waals surface area (Å²) in [5.74, 6) is 0.586. The first-order valence-electron chi connectivity index (χ1n) is 4.00. The standard InChI is InChI=1S/C9H15NO/c1-7-4-9(5-8(7)2)10(3)6-11/h6,8-9H,1,4-5H2,2-3H3. The second-order valence-corrected chi connectivity index (χ2v) is 3.42. The molecule has 62 valence electrons. The van der Waals surface area contributed by atoms with Crippen molar-refractivity contribution in [2.45, 2.75) is 25.8 Å². The molecule has 1 fully saturated rings. The molecule has 2 heteroatoms. The topological polar surface area (TPSA) is 20.3 Å². The first kappa shape index (κ1) is 8.31. The molecule has 2 atom stereocenters. The number of rotatable bonds is 2. The third-order valence-corrected chi connectivity index (χ3v) is 2.56. The van der Waals surface area contributed by atoms with E-state index in [1.165, 1.54) is 5.57 Å². The Kier molecular flexibility index (Phi) is 2.32. The van der Waals surface area contributed by atoms with Crippen LogP contribution in [0.4, 0.5) is 0 Å². The van der Waals surface area contributed by atoms with Gasteiger partial charge < -0.3 is 4.90 Å². The fraction of sp³-hybridized carbons (Fsp3) is 0.667. The highest BCUT2D eigenvalue weighted by Crippen LogP contribution is 2.31. The Hall–Kier alpha value is -0.790. The molecular weight excluding hydrogens is 138 g/mol. The van der Waals surface area contributed by atoms with E-state index in [1.807, 2.05) is 7.05 Å². The van der Waals surface area contributed by atoms with E-state index in [2.05, 4.69) is 13.5 Å². The van der Waals surface area contributed by atoms with E-state index in [1.54, 1.807) is 4.90 Å². The summed E-state index contributed by atoms with van der Waals surface area (Å²) in [5, 5.41) is 0. The molecule has 0 aromatic heterocycles. The summed E-state index contributed by atoms with van der Waals surface area (Å²) in [5.41, 5.74) is 1.28. The molecule has 1 saturated carbocycles. The van der Waals surface area contributed by atoms with Crippen LogP contribution >= 0.6 is 0 Å². The first-order chi connectivity index (χ1) is 5.15. The molecule has 0 aromatic rings. The van der Waals surface area contributed by atoms with Crippen LogP contribution in [0.1, 0.15) is 19.8 Å². The highest BCUT2D eigenvalue weighted by atomic mass is 16.1. The first-order valence-corrected chi connectivity index (χ1v) is 4.00. The van der Waals surface area contributed by atoms with Gasteiger partial charge in [0, 0.05) is 13.1 Å². The summed E-state index contributed by atoms with van der Waals surface area (Å²) in [6.07, 6.45) is 2.96. The Balaban J connectivity index is 2.53. The SMILES string of the molecule is C=C1CC(N(C)C=O)CC1C. The molecule has 11 heavy (non-hydrogen) atoms. The van der Waals surface area contributed by atoms with Crippen molar-refractivity contribution in [1.82, 2.24) is 4.90 Å². The molecule has 1 aliphatic rings. The lowest BCUT2D eigenvalue weighted by atomic mass is 10.1. The van der Waals surface area contributed by atoms with Crippen molar-refractivity contribution < 1.29 is 4.79 Å². The van der Waals surface area contributed by atoms with Crippen molar-refractivity contribution in [3.05, 3.63) is 12.2 Å². The molecule has 1 rings (SSSR count). The summed E-state index contributed by atoms with van der Waals surface area (Å²) < 4.78 is 0. The second-order valence-electron chi connectivity index (χ2n) is 3.42. The van der Waals surface area contributed by atoms with Crippen molar-refractivity contribution in [2.75, 3.05) is 7.05 Å². The highest BCUT2D eigenvalue weighted by Gasteiger charge is 2.26. The van der Waals surface area contributed by atoms with Crippen LogP contribution in [0.2, 0.25) is 0 Å². The molecular formula is C9H15NO. The van der Waals surface area contributed by atoms with E-state index in [-0.39, 0.29) is 0 Å². The maximum Gasteiger partial charge on any atom is 0.209 e. The lowest BCUT2D eigenvalue weighted by Gasteiger charge is -2.18. The smallest absolute Gasteiger partial charge is 0.209 e. The van der Waals surface area contributed by atoms with Gasteiger partial charge in [-0.15, -0.1) is 0 Å². The molecule has 0 aliphatic heterocycles. The van der Waals surface area contributed by atoms with Crippen LogP contribution < -0.4 is 0 Å². The van der Waals surface area contributed by atoms with Crippen molar-refractivity contribution >= 4 is 6.41 Å². The van der Waals surface area contributed by atoms with Crippen LogP contribution in [0, 0.1) is 5.92 Å². The van der Waals surface area contributed by atoms with Gasteiger partial charge in [-0.25, -0.2) is 0 Å². The minimum Gasteiger partial charge on any atom is -0.345 e. The van der Waals surface area contributed by atoms with Gasteiger partial charge >= 0.3 is 0 Å². The summed E-state index contributed by atoms with van der Waals surface area (Å²) in [7, 11) is 1.84. The van der Waals surface area contributed by atoms with Gasteiger partial charge in [0.15, 0.2) is 0 Å². The molecule has 2 nitrogen and oxygen atoms in total. The van der Waals surface area contributed by atoms with Crippen molar-refractivity contribution in [1.29, 1.82) is 0 Å². The van der Waals surface area contributed by atoms with E-state index in [4.69, 9.17) is 0 Å². The third-order valence-electron chi connectivity index (χ3n) is 2.56. The van der Waals surface area contributed by atoms with Gasteiger partial charge in [0.05, 0.1) is 0 Å². The zero-order valence-electron chi connectivity index (χ0n) is 7.21. The summed E-state index contributed by atoms with van der Waals surface area (Å²) >= 11 is 0. The van der Waals surface area contributed by atoms with Gasteiger partial charge in [-0.2, -0.15) is 0 Å². The predicted octanol–water partition coefficient (Wildman–Crippen LogP) is 1.43. The van der Waals surface area contributed by atoms with Gasteiger partial charge in [-0.05, 0) is 18.8 Å². The molecule has 1 aliphatic carbocycles. The van der Waals surface area contributed by atoms with Crippen LogP contribution in [-0.4, -0.2) is 24.4 Å². The van der Waals surface area contributed by atoms with E-state index < -0.39 is 0 Å². The Morgan fingerprint density at radius 3 is 2.73 bits per heavy atom. The molecule has 0 radical (unpaired) electrons. The van der Waals surface area contributed by atoms with Gasteiger partial charge in [0.1, 0.15) is 0 Å². The average Bonchev–Trinajstić information content (AvgIpc) is 2.31. The van der Waals surface area contributed by atoms with E-state index in [0.29, 0.717) is 12.0 Å². The average molecular weight is 153 g/mol. The minimum absolute atomic E-state index is 0.398. The van der Waals surface area contributed by atoms with Crippen LogP contribution in [0.15, 0.2) is 12.2 Å². The number of carbonyl (C=O) groups excluding carboxylic acids is 1. The Morgan fingerprint density at radius 2 is 2.36 bits per heavy atom. The molecule has 0 bridgehead atoms. The van der Waals surface area contributed by atoms with E-state index >= 15 is 0 Å². The Bertz CT molecular complexity index is 176. The van der Waals surface area contributed by atoms with Crippen molar-refractivity contribution in [3.8, 4) is 0 Å². The van der Waals surface area contributed by atoms with Crippen LogP contribution in [0.25, 0.3) is 0 Å². The third kappa shape index (κ3) is 1.62. The summed E-state index contributed by atoms with van der Waals surface area (Å²) in [4.78, 5) is 12.1. The Morgan fingerprint density at radius 1 is 1.73 bits per heavy atom. The molecule has 0 aromatic carbocycles. The number of amides is 1. The fourth-order valence-electron chi connectivity index (χ4n) is 1.56. The Labute approximate surface area is 67.9 Å². The lowest BCUT2D eigenvalue weighted by molar-refractivity contribution is -0.118. The second kappa shape index (κ2) is 3.07. The molecule has 0 saturated heterocycles. The number of nitrogens with zero attached hydrogens (tertiary/aromatic N) is 1. The molecule has 2 unspecified atom stereocenters. The van der Waals surface area contributed by atoms with Crippen molar-refractivity contribution in [3.63, 3.8) is 0 Å². The zero-order valence-corrected chi connectivity index (χ0v) is 7.21. The quantitative estimate of drug-likeness (QED) is 0.434. The van der Waals surface area contributed by atoms with E-state index in [9.17, 15) is 4.79 Å². The lowest BCUT2D eigenvalue weighted by Crippen LogP contribution is -2.27. The maximum atomic E-state index is 10.4. The van der Waals surface area contributed by atoms with Gasteiger partial charge in [-0.1, -0.05) is 19.1 Å². The van der Waals surface area contributed by atoms with Crippen LogP contribution in [0.5, 0.6) is 0 Å². The predicted molar refractivity (Wildman–Crippen MR) is 45.2 cm³/mol.